The van der Waals surface area contributed by atoms with Crippen LogP contribution in [0.3, 0.4) is 0 Å². The smallest absolute Gasteiger partial charge is 0.263 e. The van der Waals surface area contributed by atoms with Crippen LogP contribution in [0.4, 0.5) is 0 Å². The van der Waals surface area contributed by atoms with E-state index in [4.69, 9.17) is 9.26 Å². The molecule has 1 amide bonds. The van der Waals surface area contributed by atoms with Gasteiger partial charge in [-0.1, -0.05) is 41.6 Å². The molecule has 4 rings (SSSR count). The second-order valence-corrected chi connectivity index (χ2v) is 7.56. The quantitative estimate of drug-likeness (QED) is 0.441. The number of carbonyl (C=O) groups is 1. The van der Waals surface area contributed by atoms with Crippen molar-refractivity contribution in [2.75, 3.05) is 6.54 Å². The van der Waals surface area contributed by atoms with Gasteiger partial charge < -0.3 is 14.2 Å². The van der Waals surface area contributed by atoms with Gasteiger partial charge in [0.15, 0.2) is 6.10 Å². The summed E-state index contributed by atoms with van der Waals surface area (Å²) in [5, 5.41) is 8.16. The first-order valence-corrected chi connectivity index (χ1v) is 10.3. The predicted molar refractivity (Wildman–Crippen MR) is 113 cm³/mol. The monoisotopic (exact) mass is 407 g/mol. The zero-order valence-electron chi connectivity index (χ0n) is 16.2. The second-order valence-electron chi connectivity index (χ2n) is 6.61. The number of amides is 1. The van der Waals surface area contributed by atoms with Gasteiger partial charge in [-0.15, -0.1) is 11.3 Å². The lowest BCUT2D eigenvalue weighted by atomic mass is 10.1. The van der Waals surface area contributed by atoms with Crippen molar-refractivity contribution >= 4 is 28.0 Å². The van der Waals surface area contributed by atoms with Crippen molar-refractivity contribution in [2.45, 2.75) is 26.5 Å². The Labute approximate surface area is 172 Å². The fourth-order valence-electron chi connectivity index (χ4n) is 3.09. The third-order valence-corrected chi connectivity index (χ3v) is 5.48. The molecule has 0 saturated carbocycles. The topological polar surface area (TPSA) is 68.5 Å². The highest BCUT2D eigenvalue weighted by Crippen LogP contribution is 2.23. The third kappa shape index (κ3) is 4.30. The van der Waals surface area contributed by atoms with E-state index >= 15 is 0 Å². The number of hydrogen-bond acceptors (Lipinski definition) is 6. The number of thiophene rings is 1. The Morgan fingerprint density at radius 2 is 2.00 bits per heavy atom. The van der Waals surface area contributed by atoms with E-state index in [0.29, 0.717) is 24.0 Å². The minimum atomic E-state index is -0.629. The van der Waals surface area contributed by atoms with Gasteiger partial charge >= 0.3 is 0 Å². The molecule has 7 heteroatoms. The summed E-state index contributed by atoms with van der Waals surface area (Å²) in [4.78, 5) is 19.9. The summed E-state index contributed by atoms with van der Waals surface area (Å²) in [5.41, 5.74) is 0. The van der Waals surface area contributed by atoms with Crippen molar-refractivity contribution in [1.82, 2.24) is 15.0 Å². The molecule has 2 aromatic heterocycles. The van der Waals surface area contributed by atoms with Gasteiger partial charge in [0.2, 0.25) is 11.7 Å². The zero-order chi connectivity index (χ0) is 20.2. The summed E-state index contributed by atoms with van der Waals surface area (Å²) in [6.45, 7) is 4.43. The molecule has 0 radical (unpaired) electrons. The second kappa shape index (κ2) is 8.45. The summed E-state index contributed by atoms with van der Waals surface area (Å²) in [7, 11) is 0. The number of carbonyl (C=O) groups excluding carboxylic acids is 1. The van der Waals surface area contributed by atoms with E-state index in [1.165, 1.54) is 0 Å². The van der Waals surface area contributed by atoms with Crippen LogP contribution >= 0.6 is 11.3 Å². The standard InChI is InChI=1S/C22H21N3O3S/c1-3-25(14-20-23-21(24-28-20)19-9-6-12-29-19)22(26)15(2)27-18-11-10-16-7-4-5-8-17(16)13-18/h4-13,15H,3,14H2,1-2H3. The maximum Gasteiger partial charge on any atom is 0.263 e. The lowest BCUT2D eigenvalue weighted by Gasteiger charge is -2.23. The number of likely N-dealkylation sites (N-methyl/N-ethyl adjacent to an activating group) is 1. The predicted octanol–water partition coefficient (Wildman–Crippen LogP) is 4.77. The van der Waals surface area contributed by atoms with Crippen LogP contribution in [-0.2, 0) is 11.3 Å². The number of benzene rings is 2. The average Bonchev–Trinajstić information content (AvgIpc) is 3.43. The van der Waals surface area contributed by atoms with Crippen LogP contribution in [0.2, 0.25) is 0 Å². The molecule has 0 N–H and O–H groups in total. The van der Waals surface area contributed by atoms with Gasteiger partial charge in [-0.05, 0) is 48.2 Å². The maximum absolute atomic E-state index is 12.9. The summed E-state index contributed by atoms with van der Waals surface area (Å²) in [6.07, 6.45) is -0.629. The van der Waals surface area contributed by atoms with Crippen molar-refractivity contribution in [3.63, 3.8) is 0 Å². The Kier molecular flexibility index (Phi) is 5.57. The zero-order valence-corrected chi connectivity index (χ0v) is 17.1. The maximum atomic E-state index is 12.9. The molecule has 0 fully saturated rings. The van der Waals surface area contributed by atoms with Crippen LogP contribution in [-0.4, -0.2) is 33.6 Å². The molecule has 0 bridgehead atoms. The first-order chi connectivity index (χ1) is 14.1. The molecule has 0 aliphatic rings. The van der Waals surface area contributed by atoms with E-state index in [2.05, 4.69) is 10.1 Å². The minimum Gasteiger partial charge on any atom is -0.481 e. The molecule has 0 saturated heterocycles. The van der Waals surface area contributed by atoms with E-state index in [1.807, 2.05) is 66.9 Å². The Morgan fingerprint density at radius 1 is 1.17 bits per heavy atom. The molecule has 1 unspecified atom stereocenters. The highest BCUT2D eigenvalue weighted by atomic mass is 32.1. The van der Waals surface area contributed by atoms with Gasteiger partial charge in [0, 0.05) is 6.54 Å². The number of nitrogens with zero attached hydrogens (tertiary/aromatic N) is 3. The van der Waals surface area contributed by atoms with Crippen LogP contribution in [0, 0.1) is 0 Å². The van der Waals surface area contributed by atoms with Crippen LogP contribution in [0.15, 0.2) is 64.5 Å². The molecule has 0 aliphatic carbocycles. The fraction of sp³-hybridized carbons (Fsp3) is 0.227. The largest absolute Gasteiger partial charge is 0.481 e. The van der Waals surface area contributed by atoms with Crippen molar-refractivity contribution < 1.29 is 14.1 Å². The fourth-order valence-corrected chi connectivity index (χ4v) is 3.74. The lowest BCUT2D eigenvalue weighted by molar-refractivity contribution is -0.138. The van der Waals surface area contributed by atoms with Gasteiger partial charge in [-0.3, -0.25) is 4.79 Å². The van der Waals surface area contributed by atoms with Gasteiger partial charge in [0.05, 0.1) is 4.88 Å². The van der Waals surface area contributed by atoms with Crippen molar-refractivity contribution in [1.29, 1.82) is 0 Å². The molecule has 29 heavy (non-hydrogen) atoms. The van der Waals surface area contributed by atoms with Crippen LogP contribution in [0.5, 0.6) is 5.75 Å². The highest BCUT2D eigenvalue weighted by Gasteiger charge is 2.23. The number of hydrogen-bond donors (Lipinski definition) is 0. The first kappa shape index (κ1) is 19.1. The SMILES string of the molecule is CCN(Cc1nc(-c2cccs2)no1)C(=O)C(C)Oc1ccc2ccccc2c1. The Bertz CT molecular complexity index is 1110. The highest BCUT2D eigenvalue weighted by molar-refractivity contribution is 7.13. The Morgan fingerprint density at radius 3 is 2.76 bits per heavy atom. The van der Waals surface area contributed by atoms with E-state index in [0.717, 1.165) is 15.6 Å². The van der Waals surface area contributed by atoms with Crippen LogP contribution in [0.25, 0.3) is 21.5 Å². The van der Waals surface area contributed by atoms with Crippen molar-refractivity contribution in [3.05, 3.63) is 65.9 Å². The average molecular weight is 407 g/mol. The Hall–Kier alpha value is -3.19. The van der Waals surface area contributed by atoms with E-state index in [-0.39, 0.29) is 12.5 Å². The van der Waals surface area contributed by atoms with Gasteiger partial charge in [0.1, 0.15) is 12.3 Å². The summed E-state index contributed by atoms with van der Waals surface area (Å²) < 4.78 is 11.2. The number of ether oxygens (including phenoxy) is 1. The molecule has 0 spiro atoms. The molecule has 4 aromatic rings. The van der Waals surface area contributed by atoms with Crippen LogP contribution in [0.1, 0.15) is 19.7 Å². The van der Waals surface area contributed by atoms with E-state index < -0.39 is 6.10 Å². The van der Waals surface area contributed by atoms with E-state index in [9.17, 15) is 4.79 Å². The minimum absolute atomic E-state index is 0.128. The van der Waals surface area contributed by atoms with Crippen molar-refractivity contribution in [2.24, 2.45) is 0 Å². The van der Waals surface area contributed by atoms with Crippen molar-refractivity contribution in [3.8, 4) is 16.5 Å². The Balaban J connectivity index is 1.43. The molecule has 0 aliphatic heterocycles. The molecule has 2 aromatic carbocycles. The number of fused-ring (bicyclic) bond motifs is 1. The van der Waals surface area contributed by atoms with Gasteiger partial charge in [0.25, 0.3) is 5.91 Å². The first-order valence-electron chi connectivity index (χ1n) is 9.44. The van der Waals surface area contributed by atoms with Crippen LogP contribution < -0.4 is 4.74 Å². The van der Waals surface area contributed by atoms with E-state index in [1.54, 1.807) is 23.2 Å². The molecule has 6 nitrogen and oxygen atoms in total. The molecule has 2 heterocycles. The summed E-state index contributed by atoms with van der Waals surface area (Å²) >= 11 is 1.54. The normalized spacial score (nSPS) is 12.1. The van der Waals surface area contributed by atoms with Gasteiger partial charge in [-0.2, -0.15) is 4.98 Å². The lowest BCUT2D eigenvalue weighted by Crippen LogP contribution is -2.40. The molecule has 148 valence electrons. The molecular weight excluding hydrogens is 386 g/mol. The number of rotatable bonds is 7. The molecule has 1 atom stereocenters. The van der Waals surface area contributed by atoms with Gasteiger partial charge in [-0.25, -0.2) is 0 Å². The number of aromatic nitrogens is 2. The summed E-state index contributed by atoms with van der Waals surface area (Å²) in [6, 6.07) is 17.7. The summed E-state index contributed by atoms with van der Waals surface area (Å²) in [5.74, 6) is 1.48. The molecular formula is C22H21N3O3S. The third-order valence-electron chi connectivity index (χ3n) is 4.61.